The summed E-state index contributed by atoms with van der Waals surface area (Å²) >= 11 is 0. The number of aryl methyl sites for hydroxylation is 3. The second kappa shape index (κ2) is 8.60. The van der Waals surface area contributed by atoms with E-state index < -0.39 is 0 Å². The van der Waals surface area contributed by atoms with E-state index in [1.165, 1.54) is 0 Å². The van der Waals surface area contributed by atoms with Crippen LogP contribution in [0.15, 0.2) is 42.5 Å². The number of methoxy groups -OCH3 is 2. The first-order valence-electron chi connectivity index (χ1n) is 9.12. The average molecular weight is 392 g/mol. The van der Waals surface area contributed by atoms with Crippen LogP contribution in [0.5, 0.6) is 11.5 Å². The maximum atomic E-state index is 12.7. The molecule has 3 aromatic rings. The molecule has 1 heterocycles. The lowest BCUT2D eigenvalue weighted by Crippen LogP contribution is -2.15. The largest absolute Gasteiger partial charge is 0.497 e. The molecule has 29 heavy (non-hydrogen) atoms. The molecule has 0 unspecified atom stereocenters. The Hall–Kier alpha value is -3.61. The summed E-state index contributed by atoms with van der Waals surface area (Å²) in [7, 11) is 3.16. The van der Waals surface area contributed by atoms with Crippen LogP contribution in [0.1, 0.15) is 27.3 Å². The van der Waals surface area contributed by atoms with E-state index in [2.05, 4.69) is 26.7 Å². The van der Waals surface area contributed by atoms with E-state index in [-0.39, 0.29) is 11.6 Å². The molecule has 0 aliphatic rings. The van der Waals surface area contributed by atoms with Crippen LogP contribution in [-0.2, 0) is 0 Å². The van der Waals surface area contributed by atoms with Crippen molar-refractivity contribution in [1.82, 2.24) is 9.97 Å². The molecule has 0 fully saturated rings. The van der Waals surface area contributed by atoms with Crippen LogP contribution in [0.25, 0.3) is 0 Å². The van der Waals surface area contributed by atoms with Crippen LogP contribution < -0.4 is 20.1 Å². The Labute approximate surface area is 170 Å². The first kappa shape index (κ1) is 20.1. The zero-order valence-corrected chi connectivity index (χ0v) is 17.2. The molecule has 7 heteroatoms. The van der Waals surface area contributed by atoms with E-state index in [1.54, 1.807) is 38.5 Å². The molecule has 1 amide bonds. The topological polar surface area (TPSA) is 85.4 Å². The van der Waals surface area contributed by atoms with Crippen molar-refractivity contribution >= 4 is 23.2 Å². The van der Waals surface area contributed by atoms with Gasteiger partial charge >= 0.3 is 0 Å². The summed E-state index contributed by atoms with van der Waals surface area (Å²) in [6.07, 6.45) is 0. The van der Waals surface area contributed by atoms with Crippen molar-refractivity contribution in [1.29, 1.82) is 0 Å². The smallest absolute Gasteiger partial charge is 0.274 e. The van der Waals surface area contributed by atoms with Crippen molar-refractivity contribution in [3.63, 3.8) is 0 Å². The number of anilines is 3. The SMILES string of the molecule is COc1ccc(Nc2nc(C)cc(C(=O)Nc3cc(C)cc(C)c3)n2)c(OC)c1. The number of nitrogens with one attached hydrogen (secondary N) is 2. The number of carbonyl (C=O) groups is 1. The van der Waals surface area contributed by atoms with E-state index in [4.69, 9.17) is 9.47 Å². The second-order valence-electron chi connectivity index (χ2n) is 6.74. The van der Waals surface area contributed by atoms with Crippen molar-refractivity contribution in [3.8, 4) is 11.5 Å². The molecule has 0 atom stereocenters. The number of ether oxygens (including phenoxy) is 2. The van der Waals surface area contributed by atoms with E-state index in [0.717, 1.165) is 16.8 Å². The standard InChI is InChI=1S/C22H24N4O3/c1-13-8-14(2)10-16(9-13)24-21(27)19-11-15(3)23-22(26-19)25-18-7-6-17(28-4)12-20(18)29-5/h6-12H,1-5H3,(H,24,27)(H,23,25,26). The highest BCUT2D eigenvalue weighted by atomic mass is 16.5. The average Bonchev–Trinajstić information content (AvgIpc) is 2.67. The van der Waals surface area contributed by atoms with Gasteiger partial charge in [0.05, 0.1) is 19.9 Å². The molecule has 3 rings (SSSR count). The third-order valence-electron chi connectivity index (χ3n) is 4.22. The molecule has 0 aliphatic heterocycles. The number of rotatable bonds is 6. The van der Waals surface area contributed by atoms with Crippen molar-refractivity contribution in [2.75, 3.05) is 24.9 Å². The summed E-state index contributed by atoms with van der Waals surface area (Å²) in [5.41, 5.74) is 4.49. The lowest BCUT2D eigenvalue weighted by Gasteiger charge is -2.13. The molecule has 0 saturated carbocycles. The summed E-state index contributed by atoms with van der Waals surface area (Å²) in [5, 5.41) is 6.01. The van der Waals surface area contributed by atoms with E-state index >= 15 is 0 Å². The molecule has 0 radical (unpaired) electrons. The Morgan fingerprint density at radius 3 is 2.28 bits per heavy atom. The van der Waals surface area contributed by atoms with Crippen LogP contribution in [0.2, 0.25) is 0 Å². The van der Waals surface area contributed by atoms with E-state index in [9.17, 15) is 4.79 Å². The van der Waals surface area contributed by atoms with Crippen LogP contribution >= 0.6 is 0 Å². The number of benzene rings is 2. The summed E-state index contributed by atoms with van der Waals surface area (Å²) in [6.45, 7) is 5.79. The summed E-state index contributed by atoms with van der Waals surface area (Å²) < 4.78 is 10.6. The van der Waals surface area contributed by atoms with Gasteiger partial charge in [0.2, 0.25) is 5.95 Å². The van der Waals surface area contributed by atoms with Crippen LogP contribution in [0, 0.1) is 20.8 Å². The zero-order valence-electron chi connectivity index (χ0n) is 17.2. The molecule has 0 spiro atoms. The zero-order chi connectivity index (χ0) is 21.0. The molecule has 150 valence electrons. The van der Waals surface area contributed by atoms with Gasteiger partial charge < -0.3 is 20.1 Å². The van der Waals surface area contributed by atoms with Gasteiger partial charge in [0.1, 0.15) is 17.2 Å². The Morgan fingerprint density at radius 2 is 1.62 bits per heavy atom. The van der Waals surface area contributed by atoms with Crippen molar-refractivity contribution in [2.45, 2.75) is 20.8 Å². The molecule has 2 N–H and O–H groups in total. The molecule has 1 aromatic heterocycles. The molecular formula is C22H24N4O3. The summed E-state index contributed by atoms with van der Waals surface area (Å²) in [5.74, 6) is 1.26. The van der Waals surface area contributed by atoms with Crippen LogP contribution in [0.4, 0.5) is 17.3 Å². The second-order valence-corrected chi connectivity index (χ2v) is 6.74. The monoisotopic (exact) mass is 392 g/mol. The first-order valence-corrected chi connectivity index (χ1v) is 9.12. The van der Waals surface area contributed by atoms with Gasteiger partial charge in [-0.15, -0.1) is 0 Å². The predicted octanol–water partition coefficient (Wildman–Crippen LogP) is 4.41. The van der Waals surface area contributed by atoms with Crippen molar-refractivity contribution < 1.29 is 14.3 Å². The first-order chi connectivity index (χ1) is 13.9. The maximum absolute atomic E-state index is 12.7. The van der Waals surface area contributed by atoms with Gasteiger partial charge in [0.15, 0.2) is 0 Å². The highest BCUT2D eigenvalue weighted by molar-refractivity contribution is 6.03. The molecule has 2 aromatic carbocycles. The molecular weight excluding hydrogens is 368 g/mol. The Morgan fingerprint density at radius 1 is 0.897 bits per heavy atom. The van der Waals surface area contributed by atoms with Gasteiger partial charge in [-0.2, -0.15) is 0 Å². The van der Waals surface area contributed by atoms with Crippen molar-refractivity contribution in [3.05, 3.63) is 65.0 Å². The Bertz CT molecular complexity index is 1030. The van der Waals surface area contributed by atoms with Crippen LogP contribution in [-0.4, -0.2) is 30.1 Å². The lowest BCUT2D eigenvalue weighted by atomic mass is 10.1. The number of carbonyl (C=O) groups excluding carboxylic acids is 1. The number of hydrogen-bond acceptors (Lipinski definition) is 6. The number of aromatic nitrogens is 2. The van der Waals surface area contributed by atoms with Gasteiger partial charge in [-0.3, -0.25) is 4.79 Å². The predicted molar refractivity (Wildman–Crippen MR) is 113 cm³/mol. The van der Waals surface area contributed by atoms with Gasteiger partial charge in [0.25, 0.3) is 5.91 Å². The Balaban J connectivity index is 1.85. The highest BCUT2D eigenvalue weighted by Gasteiger charge is 2.13. The summed E-state index contributed by atoms with van der Waals surface area (Å²) in [4.78, 5) is 21.5. The number of nitrogens with zero attached hydrogens (tertiary/aromatic N) is 2. The quantitative estimate of drug-likeness (QED) is 0.646. The molecule has 0 aliphatic carbocycles. The van der Waals surface area contributed by atoms with Crippen molar-refractivity contribution in [2.24, 2.45) is 0 Å². The minimum atomic E-state index is -0.301. The number of hydrogen-bond donors (Lipinski definition) is 2. The number of amides is 1. The maximum Gasteiger partial charge on any atom is 0.274 e. The highest BCUT2D eigenvalue weighted by Crippen LogP contribution is 2.30. The minimum Gasteiger partial charge on any atom is -0.497 e. The minimum absolute atomic E-state index is 0.270. The van der Waals surface area contributed by atoms with E-state index in [1.807, 2.05) is 32.9 Å². The Kier molecular flexibility index (Phi) is 5.97. The van der Waals surface area contributed by atoms with Crippen LogP contribution in [0.3, 0.4) is 0 Å². The normalized spacial score (nSPS) is 10.4. The lowest BCUT2D eigenvalue weighted by molar-refractivity contribution is 0.102. The van der Waals surface area contributed by atoms with Gasteiger partial charge in [-0.05, 0) is 62.2 Å². The molecule has 0 bridgehead atoms. The fraction of sp³-hybridized carbons (Fsp3) is 0.227. The van der Waals surface area contributed by atoms with Gasteiger partial charge in [-0.1, -0.05) is 6.07 Å². The van der Waals surface area contributed by atoms with E-state index in [0.29, 0.717) is 28.8 Å². The fourth-order valence-corrected chi connectivity index (χ4v) is 3.00. The van der Waals surface area contributed by atoms with Gasteiger partial charge in [0, 0.05) is 17.4 Å². The molecule has 0 saturated heterocycles. The summed E-state index contributed by atoms with van der Waals surface area (Å²) in [6, 6.07) is 12.9. The third kappa shape index (κ3) is 5.01. The molecule has 7 nitrogen and oxygen atoms in total. The fourth-order valence-electron chi connectivity index (χ4n) is 3.00. The van der Waals surface area contributed by atoms with Gasteiger partial charge in [-0.25, -0.2) is 9.97 Å². The third-order valence-corrected chi connectivity index (χ3v) is 4.22.